The summed E-state index contributed by atoms with van der Waals surface area (Å²) in [7, 11) is 0. The van der Waals surface area contributed by atoms with Gasteiger partial charge in [0.25, 0.3) is 0 Å². The van der Waals surface area contributed by atoms with Crippen LogP contribution in [0, 0.1) is 0 Å². The summed E-state index contributed by atoms with van der Waals surface area (Å²) in [6.07, 6.45) is 0. The molecule has 0 saturated heterocycles. The van der Waals surface area contributed by atoms with Crippen LogP contribution in [0.1, 0.15) is 16.7 Å². The van der Waals surface area contributed by atoms with Crippen LogP contribution < -0.4 is 0 Å². The lowest BCUT2D eigenvalue weighted by Crippen LogP contribution is -2.06. The van der Waals surface area contributed by atoms with Gasteiger partial charge >= 0.3 is 0 Å². The zero-order chi connectivity index (χ0) is 38.6. The predicted molar refractivity (Wildman–Crippen MR) is 251 cm³/mol. The van der Waals surface area contributed by atoms with E-state index >= 15 is 0 Å². The Hall–Kier alpha value is -6.99. The highest BCUT2D eigenvalue weighted by atomic mass is 32.1. The summed E-state index contributed by atoms with van der Waals surface area (Å²) in [5.74, 6) is 1.16. The molecular formula is C52H34N4S2. The van der Waals surface area contributed by atoms with Gasteiger partial charge in [-0.15, -0.1) is 22.7 Å². The van der Waals surface area contributed by atoms with Gasteiger partial charge in [-0.25, -0.2) is 9.98 Å². The lowest BCUT2D eigenvalue weighted by atomic mass is 9.97. The minimum atomic E-state index is 0.478. The van der Waals surface area contributed by atoms with Gasteiger partial charge in [-0.1, -0.05) is 127 Å². The fraction of sp³-hybridized carbons (Fsp3) is 0.0192. The zero-order valence-electron chi connectivity index (χ0n) is 31.3. The Balaban J connectivity index is 1.19. The Labute approximate surface area is 343 Å². The van der Waals surface area contributed by atoms with Gasteiger partial charge in [0.05, 0.1) is 17.6 Å². The van der Waals surface area contributed by atoms with Gasteiger partial charge in [0.15, 0.2) is 11.7 Å². The molecule has 0 saturated carbocycles. The van der Waals surface area contributed by atoms with Crippen LogP contribution in [0.15, 0.2) is 197 Å². The molecular weight excluding hydrogens is 745 g/mol. The summed E-state index contributed by atoms with van der Waals surface area (Å²) in [6, 6.07) is 64.7. The number of amidine groups is 2. The summed E-state index contributed by atoms with van der Waals surface area (Å²) in [4.78, 5) is 14.9. The van der Waals surface area contributed by atoms with Crippen LogP contribution in [-0.2, 0) is 6.54 Å². The first-order valence-electron chi connectivity index (χ1n) is 19.3. The van der Waals surface area contributed by atoms with Crippen LogP contribution >= 0.6 is 22.7 Å². The third-order valence-electron chi connectivity index (χ3n) is 11.0. The van der Waals surface area contributed by atoms with Crippen LogP contribution in [0.25, 0.3) is 79.0 Å². The second-order valence-corrected chi connectivity index (χ2v) is 16.5. The van der Waals surface area contributed by atoms with E-state index in [9.17, 15) is 0 Å². The number of hydrogen-bond acceptors (Lipinski definition) is 3. The van der Waals surface area contributed by atoms with E-state index in [1.165, 1.54) is 57.5 Å². The largest absolute Gasteiger partial charge is 0.309 e. The molecule has 11 aromatic rings. The molecule has 0 N–H and O–H groups in total. The van der Waals surface area contributed by atoms with E-state index in [2.05, 4.69) is 162 Å². The van der Waals surface area contributed by atoms with Gasteiger partial charge in [0, 0.05) is 67.9 Å². The van der Waals surface area contributed by atoms with Gasteiger partial charge in [0.2, 0.25) is 0 Å². The Morgan fingerprint density at radius 3 is 1.86 bits per heavy atom. The quantitative estimate of drug-likeness (QED) is 0.119. The number of benzene rings is 8. The van der Waals surface area contributed by atoms with Gasteiger partial charge in [-0.2, -0.15) is 0 Å². The van der Waals surface area contributed by atoms with Crippen molar-refractivity contribution < 1.29 is 0 Å². The normalized spacial score (nSPS) is 12.5. The molecule has 0 aliphatic carbocycles. The lowest BCUT2D eigenvalue weighted by Gasteiger charge is -2.11. The molecule has 0 amide bonds. The number of aliphatic imine (C=N–C) groups is 3. The zero-order valence-corrected chi connectivity index (χ0v) is 33.0. The monoisotopic (exact) mass is 778 g/mol. The van der Waals surface area contributed by atoms with Crippen LogP contribution in [0.4, 0.5) is 0 Å². The summed E-state index contributed by atoms with van der Waals surface area (Å²) in [6.45, 7) is 4.42. The lowest BCUT2D eigenvalue weighted by molar-refractivity contribution is 1.06. The number of rotatable bonds is 6. The van der Waals surface area contributed by atoms with Crippen molar-refractivity contribution in [3.8, 4) is 16.8 Å². The summed E-state index contributed by atoms with van der Waals surface area (Å²) >= 11 is 3.66. The molecule has 3 aromatic heterocycles. The first-order chi connectivity index (χ1) is 28.7. The summed E-state index contributed by atoms with van der Waals surface area (Å²) in [5, 5.41) is 7.50. The third-order valence-corrected chi connectivity index (χ3v) is 13.4. The second kappa shape index (κ2) is 14.2. The molecule has 0 aliphatic rings. The molecule has 3 heterocycles. The fourth-order valence-electron chi connectivity index (χ4n) is 8.29. The number of fused-ring (bicyclic) bond motifs is 10. The molecule has 11 rings (SSSR count). The number of nitrogens with zero attached hydrogens (tertiary/aromatic N) is 4. The van der Waals surface area contributed by atoms with Crippen molar-refractivity contribution in [1.82, 2.24) is 4.57 Å². The smallest absolute Gasteiger partial charge is 0.161 e. The van der Waals surface area contributed by atoms with Crippen LogP contribution in [0.3, 0.4) is 0 Å². The van der Waals surface area contributed by atoms with E-state index in [1.807, 2.05) is 47.7 Å². The molecule has 0 atom stereocenters. The Bertz CT molecular complexity index is 3430. The third kappa shape index (κ3) is 5.76. The minimum Gasteiger partial charge on any atom is -0.309 e. The van der Waals surface area contributed by atoms with E-state index in [0.29, 0.717) is 18.2 Å². The van der Waals surface area contributed by atoms with E-state index in [1.54, 1.807) is 11.3 Å². The SMILES string of the molecule is C=NC(=NC(=NCc1ccccc1)c1cc(-c2ccc3c(c2)c2c4sc5ccccc5c4ccc2n3-c2ccccc2)cc2c1sc1ccccc12)c1ccccc1. The standard InChI is InChI=1S/C52H34N4S2/c1-53-51(34-17-7-3-8-18-34)55-52(54-32-33-15-5-2-6-16-33)43-31-36(30-41-39-22-12-14-24-47(39)57-49(41)43)35-25-27-44-42(29-35)48-45(56(44)37-19-9-4-10-20-37)28-26-40-38-21-11-13-23-46(38)58-50(40)48/h2-31H,1,32H2. The van der Waals surface area contributed by atoms with Crippen molar-refractivity contribution in [2.75, 3.05) is 0 Å². The number of aromatic nitrogens is 1. The van der Waals surface area contributed by atoms with Crippen LogP contribution in [-0.4, -0.2) is 23.0 Å². The Morgan fingerprint density at radius 1 is 0.500 bits per heavy atom. The van der Waals surface area contributed by atoms with Gasteiger partial charge in [0.1, 0.15) is 0 Å². The average Bonchev–Trinajstić information content (AvgIpc) is 3.96. The second-order valence-electron chi connectivity index (χ2n) is 14.4. The average molecular weight is 779 g/mol. The van der Waals surface area contributed by atoms with Gasteiger partial charge < -0.3 is 4.57 Å². The van der Waals surface area contributed by atoms with Crippen molar-refractivity contribution in [1.29, 1.82) is 0 Å². The summed E-state index contributed by atoms with van der Waals surface area (Å²) < 4.78 is 7.39. The highest BCUT2D eigenvalue weighted by Gasteiger charge is 2.21. The fourth-order valence-corrected chi connectivity index (χ4v) is 10.7. The van der Waals surface area contributed by atoms with Crippen molar-refractivity contribution in [2.45, 2.75) is 6.54 Å². The molecule has 6 heteroatoms. The first-order valence-corrected chi connectivity index (χ1v) is 20.9. The van der Waals surface area contributed by atoms with Gasteiger partial charge in [-0.05, 0) is 78.0 Å². The van der Waals surface area contributed by atoms with Crippen molar-refractivity contribution in [3.05, 3.63) is 199 Å². The Morgan fingerprint density at radius 2 is 1.12 bits per heavy atom. The highest BCUT2D eigenvalue weighted by molar-refractivity contribution is 7.27. The molecule has 0 radical (unpaired) electrons. The van der Waals surface area contributed by atoms with Crippen LogP contribution in [0.5, 0.6) is 0 Å². The van der Waals surface area contributed by atoms with Crippen molar-refractivity contribution in [2.24, 2.45) is 15.0 Å². The molecule has 0 aliphatic heterocycles. The number of thiophene rings is 2. The number of para-hydroxylation sites is 1. The molecule has 0 spiro atoms. The predicted octanol–water partition coefficient (Wildman–Crippen LogP) is 14.3. The van der Waals surface area contributed by atoms with E-state index < -0.39 is 0 Å². The first kappa shape index (κ1) is 34.3. The highest BCUT2D eigenvalue weighted by Crippen LogP contribution is 2.45. The maximum absolute atomic E-state index is 5.26. The van der Waals surface area contributed by atoms with E-state index in [0.717, 1.165) is 38.2 Å². The molecule has 4 nitrogen and oxygen atoms in total. The Kier molecular flexibility index (Phi) is 8.38. The van der Waals surface area contributed by atoms with Gasteiger partial charge in [-0.3, -0.25) is 4.99 Å². The topological polar surface area (TPSA) is 42.0 Å². The van der Waals surface area contributed by atoms with E-state index in [-0.39, 0.29) is 0 Å². The molecule has 58 heavy (non-hydrogen) atoms. The number of hydrogen-bond donors (Lipinski definition) is 0. The maximum Gasteiger partial charge on any atom is 0.161 e. The maximum atomic E-state index is 5.26. The van der Waals surface area contributed by atoms with Crippen molar-refractivity contribution >= 4 is 103 Å². The molecule has 0 unspecified atom stereocenters. The molecule has 8 aromatic carbocycles. The van der Waals surface area contributed by atoms with Crippen LogP contribution in [0.2, 0.25) is 0 Å². The van der Waals surface area contributed by atoms with E-state index in [4.69, 9.17) is 9.98 Å². The van der Waals surface area contributed by atoms with Crippen molar-refractivity contribution in [3.63, 3.8) is 0 Å². The molecule has 0 bridgehead atoms. The summed E-state index contributed by atoms with van der Waals surface area (Å²) in [5.41, 5.74) is 8.73. The molecule has 0 fully saturated rings. The minimum absolute atomic E-state index is 0.478. The molecule has 274 valence electrons.